The summed E-state index contributed by atoms with van der Waals surface area (Å²) in [6.07, 6.45) is 4.27. The van der Waals surface area contributed by atoms with Crippen LogP contribution in [0.5, 0.6) is 0 Å². The number of benzene rings is 1. The van der Waals surface area contributed by atoms with Crippen LogP contribution in [0, 0.1) is 0 Å². The molecule has 0 amide bonds. The van der Waals surface area contributed by atoms with Crippen molar-refractivity contribution in [1.29, 1.82) is 0 Å². The molecule has 0 saturated heterocycles. The summed E-state index contributed by atoms with van der Waals surface area (Å²) < 4.78 is 11.2. The third kappa shape index (κ3) is 5.26. The van der Waals surface area contributed by atoms with Gasteiger partial charge in [0.05, 0.1) is 0 Å². The van der Waals surface area contributed by atoms with Gasteiger partial charge < -0.3 is 8.85 Å². The van der Waals surface area contributed by atoms with Gasteiger partial charge >= 0.3 is 9.28 Å². The van der Waals surface area contributed by atoms with E-state index in [1.54, 1.807) is 0 Å². The van der Waals surface area contributed by atoms with E-state index >= 15 is 0 Å². The van der Waals surface area contributed by atoms with Crippen LogP contribution in [0.25, 0.3) is 6.08 Å². The van der Waals surface area contributed by atoms with Crippen molar-refractivity contribution in [2.24, 2.45) is 0 Å². The molecule has 1 aromatic rings. The summed E-state index contributed by atoms with van der Waals surface area (Å²) in [5.74, 6) is 0. The lowest BCUT2D eigenvalue weighted by molar-refractivity contribution is 0.216. The molecule has 0 aliphatic rings. The van der Waals surface area contributed by atoms with Crippen molar-refractivity contribution in [1.82, 2.24) is 0 Å². The summed E-state index contributed by atoms with van der Waals surface area (Å²) >= 11 is 0. The molecule has 0 aromatic heterocycles. The van der Waals surface area contributed by atoms with Crippen LogP contribution in [0.15, 0.2) is 36.4 Å². The molecular formula is C13H20O2Si. The summed E-state index contributed by atoms with van der Waals surface area (Å²) in [5, 5.41) is 0. The number of hydrogen-bond acceptors (Lipinski definition) is 2. The molecule has 1 rings (SSSR count). The normalized spacial score (nSPS) is 11.4. The second-order valence-corrected chi connectivity index (χ2v) is 5.39. The van der Waals surface area contributed by atoms with Gasteiger partial charge in [-0.2, -0.15) is 0 Å². The number of allylic oxidation sites excluding steroid dienone is 1. The van der Waals surface area contributed by atoms with Gasteiger partial charge in [-0.15, -0.1) is 0 Å². The molecule has 0 aliphatic heterocycles. The van der Waals surface area contributed by atoms with E-state index in [1.165, 1.54) is 5.56 Å². The fraction of sp³-hybridized carbons (Fsp3) is 0.385. The molecule has 0 saturated carbocycles. The quantitative estimate of drug-likeness (QED) is 0.678. The molecule has 2 nitrogen and oxygen atoms in total. The van der Waals surface area contributed by atoms with Gasteiger partial charge in [-0.1, -0.05) is 42.5 Å². The van der Waals surface area contributed by atoms with Crippen LogP contribution < -0.4 is 0 Å². The van der Waals surface area contributed by atoms with Crippen molar-refractivity contribution < 1.29 is 8.85 Å². The summed E-state index contributed by atoms with van der Waals surface area (Å²) in [5.41, 5.74) is 1.23. The van der Waals surface area contributed by atoms with E-state index in [0.717, 1.165) is 19.3 Å². The van der Waals surface area contributed by atoms with Gasteiger partial charge in [0.1, 0.15) is 0 Å². The topological polar surface area (TPSA) is 18.5 Å². The Kier molecular flexibility index (Phi) is 6.81. The van der Waals surface area contributed by atoms with Crippen LogP contribution in [0.2, 0.25) is 6.04 Å². The molecule has 0 radical (unpaired) electrons. The average Bonchev–Trinajstić information content (AvgIpc) is 2.31. The van der Waals surface area contributed by atoms with Crippen LogP contribution in [0.3, 0.4) is 0 Å². The SMILES string of the molecule is CCO[SiH](CC=Cc1ccccc1)OCC. The Bertz CT molecular complexity index is 292. The molecule has 0 unspecified atom stereocenters. The molecule has 0 bridgehead atoms. The van der Waals surface area contributed by atoms with Crippen LogP contribution in [0.1, 0.15) is 19.4 Å². The zero-order valence-corrected chi connectivity index (χ0v) is 11.2. The minimum absolute atomic E-state index is 0.746. The van der Waals surface area contributed by atoms with Crippen molar-refractivity contribution >= 4 is 15.4 Å². The van der Waals surface area contributed by atoms with Gasteiger partial charge in [0, 0.05) is 19.3 Å². The highest BCUT2D eigenvalue weighted by Gasteiger charge is 2.08. The van der Waals surface area contributed by atoms with E-state index in [2.05, 4.69) is 24.3 Å². The molecule has 16 heavy (non-hydrogen) atoms. The minimum Gasteiger partial charge on any atom is -0.397 e. The largest absolute Gasteiger partial charge is 0.397 e. The van der Waals surface area contributed by atoms with Crippen molar-refractivity contribution in [2.45, 2.75) is 19.9 Å². The Morgan fingerprint density at radius 1 is 1.06 bits per heavy atom. The first-order valence-corrected chi connectivity index (χ1v) is 7.57. The number of hydrogen-bond donors (Lipinski definition) is 0. The molecule has 0 heterocycles. The maximum absolute atomic E-state index is 5.59. The van der Waals surface area contributed by atoms with Crippen molar-refractivity contribution in [2.75, 3.05) is 13.2 Å². The molecule has 3 heteroatoms. The Labute approximate surface area is 99.7 Å². The zero-order chi connectivity index (χ0) is 11.6. The van der Waals surface area contributed by atoms with E-state index < -0.39 is 9.28 Å². The third-order valence-corrected chi connectivity index (χ3v) is 4.21. The molecule has 0 atom stereocenters. The third-order valence-electron chi connectivity index (χ3n) is 2.14. The zero-order valence-electron chi connectivity index (χ0n) is 10.1. The Hall–Kier alpha value is -0.903. The maximum atomic E-state index is 5.59. The molecular weight excluding hydrogens is 216 g/mol. The first-order chi connectivity index (χ1) is 7.86. The monoisotopic (exact) mass is 236 g/mol. The van der Waals surface area contributed by atoms with Crippen molar-refractivity contribution in [3.05, 3.63) is 42.0 Å². The predicted octanol–water partition coefficient (Wildman–Crippen LogP) is 2.99. The molecule has 0 spiro atoms. The molecule has 0 aliphatic carbocycles. The van der Waals surface area contributed by atoms with E-state index in [0.29, 0.717) is 0 Å². The average molecular weight is 236 g/mol. The summed E-state index contributed by atoms with van der Waals surface area (Å²) in [4.78, 5) is 0. The van der Waals surface area contributed by atoms with Crippen LogP contribution in [-0.4, -0.2) is 22.5 Å². The van der Waals surface area contributed by atoms with Gasteiger partial charge in [-0.3, -0.25) is 0 Å². The molecule has 0 fully saturated rings. The lowest BCUT2D eigenvalue weighted by Crippen LogP contribution is -2.21. The minimum atomic E-state index is -1.46. The van der Waals surface area contributed by atoms with Gasteiger partial charge in [-0.05, 0) is 19.4 Å². The molecule has 0 N–H and O–H groups in total. The van der Waals surface area contributed by atoms with Gasteiger partial charge in [0.2, 0.25) is 0 Å². The standard InChI is InChI=1S/C13H20O2Si/c1-3-14-16(15-4-2)12-8-11-13-9-6-5-7-10-13/h5-11,16H,3-4,12H2,1-2H3. The van der Waals surface area contributed by atoms with E-state index in [-0.39, 0.29) is 0 Å². The highest BCUT2D eigenvalue weighted by molar-refractivity contribution is 6.45. The fourth-order valence-corrected chi connectivity index (χ4v) is 2.91. The van der Waals surface area contributed by atoms with Crippen molar-refractivity contribution in [3.8, 4) is 0 Å². The molecule has 88 valence electrons. The highest BCUT2D eigenvalue weighted by Crippen LogP contribution is 2.05. The maximum Gasteiger partial charge on any atom is 0.325 e. The fourth-order valence-electron chi connectivity index (χ4n) is 1.44. The second-order valence-electron chi connectivity index (χ2n) is 3.39. The summed E-state index contributed by atoms with van der Waals surface area (Å²) in [7, 11) is -1.46. The Balaban J connectivity index is 2.39. The lowest BCUT2D eigenvalue weighted by atomic mass is 10.2. The van der Waals surface area contributed by atoms with E-state index in [1.807, 2.05) is 32.0 Å². The van der Waals surface area contributed by atoms with E-state index in [9.17, 15) is 0 Å². The lowest BCUT2D eigenvalue weighted by Gasteiger charge is -2.12. The number of rotatable bonds is 7. The van der Waals surface area contributed by atoms with Crippen LogP contribution >= 0.6 is 0 Å². The molecule has 1 aromatic carbocycles. The first kappa shape index (κ1) is 13.2. The summed E-state index contributed by atoms with van der Waals surface area (Å²) in [6, 6.07) is 11.2. The second kappa shape index (κ2) is 8.27. The van der Waals surface area contributed by atoms with Gasteiger partial charge in [-0.25, -0.2) is 0 Å². The van der Waals surface area contributed by atoms with E-state index in [4.69, 9.17) is 8.85 Å². The van der Waals surface area contributed by atoms with Gasteiger partial charge in [0.15, 0.2) is 0 Å². The summed E-state index contributed by atoms with van der Waals surface area (Å²) in [6.45, 7) is 5.52. The van der Waals surface area contributed by atoms with Crippen LogP contribution in [0.4, 0.5) is 0 Å². The van der Waals surface area contributed by atoms with Crippen LogP contribution in [-0.2, 0) is 8.85 Å². The Morgan fingerprint density at radius 3 is 2.25 bits per heavy atom. The Morgan fingerprint density at radius 2 is 1.69 bits per heavy atom. The predicted molar refractivity (Wildman–Crippen MR) is 70.7 cm³/mol. The van der Waals surface area contributed by atoms with Gasteiger partial charge in [0.25, 0.3) is 0 Å². The highest BCUT2D eigenvalue weighted by atomic mass is 28.3. The first-order valence-electron chi connectivity index (χ1n) is 5.81. The smallest absolute Gasteiger partial charge is 0.325 e. The van der Waals surface area contributed by atoms with Crippen molar-refractivity contribution in [3.63, 3.8) is 0 Å².